The molecule has 1 aromatic rings. The van der Waals surface area contributed by atoms with Crippen LogP contribution in [0.1, 0.15) is 39.3 Å². The number of nitrogens with one attached hydrogen (secondary N) is 1. The molecular formula is C24H34N4O4. The summed E-state index contributed by atoms with van der Waals surface area (Å²) in [5, 5.41) is 2.94. The Balaban J connectivity index is 1.92. The summed E-state index contributed by atoms with van der Waals surface area (Å²) in [6.07, 6.45) is 0. The molecule has 2 atom stereocenters. The molecule has 3 rings (SSSR count). The van der Waals surface area contributed by atoms with Crippen LogP contribution < -0.4 is 5.32 Å². The number of carbonyl (C=O) groups is 3. The number of carbonyl (C=O) groups excluding carboxylic acids is 3. The highest BCUT2D eigenvalue weighted by Gasteiger charge is 2.38. The maximum Gasteiger partial charge on any atom is 0.338 e. The van der Waals surface area contributed by atoms with Crippen LogP contribution in [-0.2, 0) is 14.3 Å². The Morgan fingerprint density at radius 1 is 1.19 bits per heavy atom. The first-order valence-electron chi connectivity index (χ1n) is 11.3. The monoisotopic (exact) mass is 442 g/mol. The number of rotatable bonds is 6. The van der Waals surface area contributed by atoms with Crippen molar-refractivity contribution in [2.75, 3.05) is 39.8 Å². The van der Waals surface area contributed by atoms with E-state index in [1.54, 1.807) is 14.0 Å². The molecule has 0 aliphatic carbocycles. The molecule has 2 aliphatic heterocycles. The van der Waals surface area contributed by atoms with E-state index >= 15 is 0 Å². The van der Waals surface area contributed by atoms with Crippen LogP contribution in [0, 0.1) is 5.92 Å². The number of piperazine rings is 1. The summed E-state index contributed by atoms with van der Waals surface area (Å²) in [6.45, 7) is 10.3. The average molecular weight is 443 g/mol. The highest BCUT2D eigenvalue weighted by molar-refractivity contribution is 5.95. The Bertz CT molecular complexity index is 883. The maximum absolute atomic E-state index is 13.0. The Morgan fingerprint density at radius 3 is 2.47 bits per heavy atom. The number of ether oxygens (including phenoxy) is 1. The molecule has 1 N–H and O–H groups in total. The van der Waals surface area contributed by atoms with Gasteiger partial charge in [-0.05, 0) is 19.4 Å². The van der Waals surface area contributed by atoms with Crippen molar-refractivity contribution >= 4 is 17.9 Å². The number of amides is 3. The first kappa shape index (κ1) is 23.8. The van der Waals surface area contributed by atoms with Crippen LogP contribution in [0.5, 0.6) is 0 Å². The second kappa shape index (κ2) is 10.2. The zero-order chi connectivity index (χ0) is 23.4. The predicted molar refractivity (Wildman–Crippen MR) is 122 cm³/mol. The molecule has 3 amide bonds. The predicted octanol–water partition coefficient (Wildman–Crippen LogP) is 2.39. The number of hydrogen-bond acceptors (Lipinski definition) is 5. The van der Waals surface area contributed by atoms with Gasteiger partial charge in [0.05, 0.1) is 18.2 Å². The van der Waals surface area contributed by atoms with Gasteiger partial charge in [0, 0.05) is 50.9 Å². The maximum atomic E-state index is 13.0. The van der Waals surface area contributed by atoms with E-state index in [0.29, 0.717) is 37.4 Å². The summed E-state index contributed by atoms with van der Waals surface area (Å²) < 4.78 is 5.39. The molecule has 1 fully saturated rings. The summed E-state index contributed by atoms with van der Waals surface area (Å²) in [6, 6.07) is 8.67. The lowest BCUT2D eigenvalue weighted by molar-refractivity contribution is -0.139. The SMILES string of the molecule is CCOC(=O)C1=C(CN2CCN(C(=O)C(C)C)[C@H](C)C2)N(C)C(=O)N[C@@H]1c1ccccc1. The quantitative estimate of drug-likeness (QED) is 0.684. The molecule has 0 bridgehead atoms. The van der Waals surface area contributed by atoms with Crippen LogP contribution in [0.2, 0.25) is 0 Å². The zero-order valence-corrected chi connectivity index (χ0v) is 19.6. The summed E-state index contributed by atoms with van der Waals surface area (Å²) in [4.78, 5) is 43.9. The molecule has 2 aliphatic rings. The fourth-order valence-electron chi connectivity index (χ4n) is 4.34. The summed E-state index contributed by atoms with van der Waals surface area (Å²) in [7, 11) is 1.67. The largest absolute Gasteiger partial charge is 0.463 e. The third-order valence-electron chi connectivity index (χ3n) is 6.07. The van der Waals surface area contributed by atoms with Gasteiger partial charge in [-0.3, -0.25) is 14.6 Å². The van der Waals surface area contributed by atoms with Crippen LogP contribution in [0.15, 0.2) is 41.6 Å². The van der Waals surface area contributed by atoms with Crippen LogP contribution in [0.25, 0.3) is 0 Å². The van der Waals surface area contributed by atoms with E-state index in [0.717, 1.165) is 5.56 Å². The van der Waals surface area contributed by atoms with Gasteiger partial charge >= 0.3 is 12.0 Å². The lowest BCUT2D eigenvalue weighted by Gasteiger charge is -2.42. The molecule has 2 heterocycles. The second-order valence-electron chi connectivity index (χ2n) is 8.70. The lowest BCUT2D eigenvalue weighted by Crippen LogP contribution is -2.56. The molecule has 8 heteroatoms. The molecule has 0 saturated carbocycles. The summed E-state index contributed by atoms with van der Waals surface area (Å²) in [5.74, 6) is -0.311. The van der Waals surface area contributed by atoms with Gasteiger partial charge in [-0.15, -0.1) is 0 Å². The van der Waals surface area contributed by atoms with Crippen molar-refractivity contribution < 1.29 is 19.1 Å². The average Bonchev–Trinajstić information content (AvgIpc) is 2.77. The number of benzene rings is 1. The van der Waals surface area contributed by atoms with E-state index < -0.39 is 12.0 Å². The van der Waals surface area contributed by atoms with Crippen molar-refractivity contribution in [2.24, 2.45) is 5.92 Å². The molecule has 32 heavy (non-hydrogen) atoms. The third-order valence-corrected chi connectivity index (χ3v) is 6.07. The van der Waals surface area contributed by atoms with Gasteiger partial charge in [-0.1, -0.05) is 44.2 Å². The second-order valence-corrected chi connectivity index (χ2v) is 8.70. The first-order valence-corrected chi connectivity index (χ1v) is 11.3. The minimum absolute atomic E-state index is 0.0399. The normalized spacial score (nSPS) is 22.2. The van der Waals surface area contributed by atoms with E-state index in [1.165, 1.54) is 4.90 Å². The van der Waals surface area contributed by atoms with Crippen molar-refractivity contribution in [1.82, 2.24) is 20.0 Å². The standard InChI is InChI=1S/C24H34N4O4/c1-6-32-23(30)20-19(15-27-12-13-28(17(4)14-27)22(29)16(2)3)26(5)24(31)25-21(20)18-10-8-7-9-11-18/h7-11,16-17,21H,6,12-15H2,1-5H3,(H,25,31)/t17-,21-/m1/s1. The molecule has 174 valence electrons. The summed E-state index contributed by atoms with van der Waals surface area (Å²) >= 11 is 0. The molecule has 1 aromatic carbocycles. The number of urea groups is 1. The molecule has 1 saturated heterocycles. The van der Waals surface area contributed by atoms with Crippen LogP contribution >= 0.6 is 0 Å². The van der Waals surface area contributed by atoms with Gasteiger partial charge in [0.15, 0.2) is 0 Å². The fraction of sp³-hybridized carbons (Fsp3) is 0.542. The van der Waals surface area contributed by atoms with E-state index in [2.05, 4.69) is 10.2 Å². The number of nitrogens with zero attached hydrogens (tertiary/aromatic N) is 3. The topological polar surface area (TPSA) is 82.2 Å². The van der Waals surface area contributed by atoms with E-state index in [9.17, 15) is 14.4 Å². The molecular weight excluding hydrogens is 408 g/mol. The van der Waals surface area contributed by atoms with E-state index in [4.69, 9.17) is 4.74 Å². The summed E-state index contributed by atoms with van der Waals surface area (Å²) in [5.41, 5.74) is 1.92. The minimum Gasteiger partial charge on any atom is -0.463 e. The zero-order valence-electron chi connectivity index (χ0n) is 19.6. The van der Waals surface area contributed by atoms with Crippen molar-refractivity contribution in [3.05, 3.63) is 47.2 Å². The van der Waals surface area contributed by atoms with Crippen LogP contribution in [-0.4, -0.2) is 78.5 Å². The lowest BCUT2D eigenvalue weighted by atomic mass is 9.94. The Kier molecular flexibility index (Phi) is 7.56. The van der Waals surface area contributed by atoms with Gasteiger partial charge < -0.3 is 15.0 Å². The Labute approximate surface area is 190 Å². The number of likely N-dealkylation sites (N-methyl/N-ethyl adjacent to an activating group) is 1. The first-order chi connectivity index (χ1) is 15.2. The van der Waals surface area contributed by atoms with Gasteiger partial charge in [0.2, 0.25) is 5.91 Å². The number of hydrogen-bond donors (Lipinski definition) is 1. The van der Waals surface area contributed by atoms with Gasteiger partial charge in [-0.25, -0.2) is 9.59 Å². The highest BCUT2D eigenvalue weighted by Crippen LogP contribution is 2.31. The number of esters is 1. The molecule has 0 radical (unpaired) electrons. The Morgan fingerprint density at radius 2 is 1.88 bits per heavy atom. The molecule has 8 nitrogen and oxygen atoms in total. The molecule has 0 unspecified atom stereocenters. The third kappa shape index (κ3) is 4.96. The van der Waals surface area contributed by atoms with Gasteiger partial charge in [0.25, 0.3) is 0 Å². The highest BCUT2D eigenvalue weighted by atomic mass is 16.5. The Hall–Kier alpha value is -2.87. The molecule has 0 aromatic heterocycles. The van der Waals surface area contributed by atoms with Crippen molar-refractivity contribution in [1.29, 1.82) is 0 Å². The van der Waals surface area contributed by atoms with Crippen molar-refractivity contribution in [3.63, 3.8) is 0 Å². The minimum atomic E-state index is -0.574. The van der Waals surface area contributed by atoms with E-state index in [-0.39, 0.29) is 30.5 Å². The van der Waals surface area contributed by atoms with Crippen LogP contribution in [0.4, 0.5) is 4.79 Å². The smallest absolute Gasteiger partial charge is 0.338 e. The van der Waals surface area contributed by atoms with Gasteiger partial charge in [-0.2, -0.15) is 0 Å². The van der Waals surface area contributed by atoms with Gasteiger partial charge in [0.1, 0.15) is 0 Å². The van der Waals surface area contributed by atoms with Crippen molar-refractivity contribution in [3.8, 4) is 0 Å². The fourth-order valence-corrected chi connectivity index (χ4v) is 4.34. The van der Waals surface area contributed by atoms with E-state index in [1.807, 2.05) is 56.0 Å². The van der Waals surface area contributed by atoms with Crippen molar-refractivity contribution in [2.45, 2.75) is 39.8 Å². The molecule has 0 spiro atoms. The van der Waals surface area contributed by atoms with Crippen LogP contribution in [0.3, 0.4) is 0 Å².